The van der Waals surface area contributed by atoms with Gasteiger partial charge < -0.3 is 19.4 Å². The molecular formula is C27H26N4O4. The van der Waals surface area contributed by atoms with Gasteiger partial charge in [-0.1, -0.05) is 36.4 Å². The number of anilines is 1. The van der Waals surface area contributed by atoms with Crippen LogP contribution in [0.2, 0.25) is 0 Å². The van der Waals surface area contributed by atoms with Crippen LogP contribution in [0.1, 0.15) is 40.9 Å². The zero-order valence-electron chi connectivity index (χ0n) is 19.6. The number of hydrogen-bond donors (Lipinski definition) is 2. The zero-order valence-corrected chi connectivity index (χ0v) is 19.6. The quantitative estimate of drug-likeness (QED) is 0.389. The molecule has 0 saturated carbocycles. The molecule has 1 aromatic heterocycles. The second-order valence-corrected chi connectivity index (χ2v) is 8.30. The number of aromatic nitrogens is 2. The van der Waals surface area contributed by atoms with E-state index in [9.17, 15) is 9.59 Å². The topological polar surface area (TPSA) is 96.5 Å². The SMILES string of the molecule is CCOc1ccc(C(CC(=O)Nc2nc3ccccc3[nH]2)N2Cc3ccccc3C2=O)cc1OC. The molecule has 178 valence electrons. The summed E-state index contributed by atoms with van der Waals surface area (Å²) in [5.41, 5.74) is 3.99. The molecule has 1 atom stereocenters. The molecule has 3 aromatic carbocycles. The summed E-state index contributed by atoms with van der Waals surface area (Å²) in [7, 11) is 1.57. The summed E-state index contributed by atoms with van der Waals surface area (Å²) in [5.74, 6) is 1.17. The summed E-state index contributed by atoms with van der Waals surface area (Å²) in [5, 5.41) is 2.85. The third-order valence-electron chi connectivity index (χ3n) is 6.12. The molecule has 2 heterocycles. The number of imidazole rings is 1. The predicted molar refractivity (Wildman–Crippen MR) is 133 cm³/mol. The van der Waals surface area contributed by atoms with Gasteiger partial charge in [0.15, 0.2) is 11.5 Å². The highest BCUT2D eigenvalue weighted by molar-refractivity contribution is 5.99. The van der Waals surface area contributed by atoms with Gasteiger partial charge in [-0.05, 0) is 48.4 Å². The largest absolute Gasteiger partial charge is 0.493 e. The molecule has 4 aromatic rings. The zero-order chi connectivity index (χ0) is 24.4. The number of carbonyl (C=O) groups is 2. The van der Waals surface area contributed by atoms with Gasteiger partial charge in [0, 0.05) is 12.1 Å². The second-order valence-electron chi connectivity index (χ2n) is 8.30. The van der Waals surface area contributed by atoms with Crippen molar-refractivity contribution in [2.24, 2.45) is 0 Å². The monoisotopic (exact) mass is 470 g/mol. The van der Waals surface area contributed by atoms with Gasteiger partial charge in [0.1, 0.15) is 0 Å². The van der Waals surface area contributed by atoms with E-state index in [1.165, 1.54) is 0 Å². The van der Waals surface area contributed by atoms with Crippen molar-refractivity contribution in [1.82, 2.24) is 14.9 Å². The number of para-hydroxylation sites is 2. The molecular weight excluding hydrogens is 444 g/mol. The van der Waals surface area contributed by atoms with Crippen molar-refractivity contribution < 1.29 is 19.1 Å². The third kappa shape index (κ3) is 4.42. The lowest BCUT2D eigenvalue weighted by Crippen LogP contribution is -2.32. The Kier molecular flexibility index (Phi) is 6.10. The highest BCUT2D eigenvalue weighted by Gasteiger charge is 2.35. The number of fused-ring (bicyclic) bond motifs is 2. The molecule has 0 bridgehead atoms. The molecule has 0 aliphatic carbocycles. The average Bonchev–Trinajstić information content (AvgIpc) is 3.43. The Bertz CT molecular complexity index is 1360. The van der Waals surface area contributed by atoms with Gasteiger partial charge in [0.2, 0.25) is 11.9 Å². The number of amides is 2. The maximum Gasteiger partial charge on any atom is 0.255 e. The molecule has 1 aliphatic rings. The van der Waals surface area contributed by atoms with Crippen LogP contribution in [-0.2, 0) is 11.3 Å². The number of H-pyrrole nitrogens is 1. The minimum atomic E-state index is -0.510. The van der Waals surface area contributed by atoms with Crippen LogP contribution in [0, 0.1) is 0 Å². The first-order valence-corrected chi connectivity index (χ1v) is 11.5. The number of rotatable bonds is 8. The van der Waals surface area contributed by atoms with E-state index in [-0.39, 0.29) is 18.2 Å². The van der Waals surface area contributed by atoms with Gasteiger partial charge in [0.05, 0.1) is 37.2 Å². The number of hydrogen-bond acceptors (Lipinski definition) is 5. The van der Waals surface area contributed by atoms with E-state index in [0.717, 1.165) is 22.2 Å². The average molecular weight is 471 g/mol. The number of nitrogens with one attached hydrogen (secondary N) is 2. The summed E-state index contributed by atoms with van der Waals surface area (Å²) in [6, 6.07) is 20.1. The van der Waals surface area contributed by atoms with Crippen molar-refractivity contribution in [1.29, 1.82) is 0 Å². The molecule has 1 unspecified atom stereocenters. The number of ether oxygens (including phenoxy) is 2. The van der Waals surface area contributed by atoms with Gasteiger partial charge >= 0.3 is 0 Å². The van der Waals surface area contributed by atoms with Crippen molar-refractivity contribution in [3.8, 4) is 11.5 Å². The fourth-order valence-electron chi connectivity index (χ4n) is 4.47. The molecule has 8 heteroatoms. The highest BCUT2D eigenvalue weighted by Crippen LogP contribution is 2.37. The van der Waals surface area contributed by atoms with Gasteiger partial charge in [-0.3, -0.25) is 14.9 Å². The number of methoxy groups -OCH3 is 1. The van der Waals surface area contributed by atoms with Gasteiger partial charge in [-0.2, -0.15) is 0 Å². The second kappa shape index (κ2) is 9.50. The Hall–Kier alpha value is -4.33. The summed E-state index contributed by atoms with van der Waals surface area (Å²) in [6.07, 6.45) is 0.0495. The predicted octanol–water partition coefficient (Wildman–Crippen LogP) is 4.70. The van der Waals surface area contributed by atoms with Gasteiger partial charge in [-0.25, -0.2) is 4.98 Å². The number of aromatic amines is 1. The van der Waals surface area contributed by atoms with E-state index in [0.29, 0.717) is 36.2 Å². The molecule has 2 N–H and O–H groups in total. The van der Waals surface area contributed by atoms with E-state index in [2.05, 4.69) is 15.3 Å². The first-order chi connectivity index (χ1) is 17.1. The van der Waals surface area contributed by atoms with Crippen molar-refractivity contribution in [3.05, 3.63) is 83.4 Å². The van der Waals surface area contributed by atoms with Crippen LogP contribution >= 0.6 is 0 Å². The first-order valence-electron chi connectivity index (χ1n) is 11.5. The van der Waals surface area contributed by atoms with E-state index < -0.39 is 6.04 Å². The minimum Gasteiger partial charge on any atom is -0.493 e. The van der Waals surface area contributed by atoms with Crippen molar-refractivity contribution in [2.75, 3.05) is 19.0 Å². The number of nitrogens with zero attached hydrogens (tertiary/aromatic N) is 2. The molecule has 1 aliphatic heterocycles. The van der Waals surface area contributed by atoms with Crippen LogP contribution < -0.4 is 14.8 Å². The molecule has 0 spiro atoms. The maximum atomic E-state index is 13.3. The lowest BCUT2D eigenvalue weighted by atomic mass is 10.0. The van der Waals surface area contributed by atoms with Crippen LogP contribution in [0.25, 0.3) is 11.0 Å². The van der Waals surface area contributed by atoms with Crippen LogP contribution in [0.4, 0.5) is 5.95 Å². The molecule has 0 saturated heterocycles. The normalized spacial score (nSPS) is 13.5. The summed E-state index contributed by atoms with van der Waals surface area (Å²) in [6.45, 7) is 2.82. The lowest BCUT2D eigenvalue weighted by Gasteiger charge is -2.28. The fourth-order valence-corrected chi connectivity index (χ4v) is 4.47. The van der Waals surface area contributed by atoms with Gasteiger partial charge in [0.25, 0.3) is 5.91 Å². The lowest BCUT2D eigenvalue weighted by molar-refractivity contribution is -0.117. The Morgan fingerprint density at radius 3 is 2.69 bits per heavy atom. The maximum absolute atomic E-state index is 13.3. The molecule has 2 amide bonds. The molecule has 35 heavy (non-hydrogen) atoms. The standard InChI is InChI=1S/C27H26N4O4/c1-3-35-23-13-12-17(14-24(23)34-2)22(31-16-18-8-4-5-9-19(18)26(31)33)15-25(32)30-27-28-20-10-6-7-11-21(20)29-27/h4-14,22H,3,15-16H2,1-2H3,(H2,28,29,30,32). The van der Waals surface area contributed by atoms with Crippen molar-refractivity contribution >= 4 is 28.8 Å². The fraction of sp³-hybridized carbons (Fsp3) is 0.222. The van der Waals surface area contributed by atoms with Crippen LogP contribution in [0.15, 0.2) is 66.7 Å². The van der Waals surface area contributed by atoms with Crippen LogP contribution in [0.5, 0.6) is 11.5 Å². The first kappa shape index (κ1) is 22.5. The van der Waals surface area contributed by atoms with E-state index >= 15 is 0 Å². The molecule has 0 radical (unpaired) electrons. The van der Waals surface area contributed by atoms with Gasteiger partial charge in [-0.15, -0.1) is 0 Å². The molecule has 0 fully saturated rings. The molecule has 8 nitrogen and oxygen atoms in total. The number of carbonyl (C=O) groups excluding carboxylic acids is 2. The molecule has 5 rings (SSSR count). The Morgan fingerprint density at radius 1 is 1.11 bits per heavy atom. The van der Waals surface area contributed by atoms with Crippen molar-refractivity contribution in [2.45, 2.75) is 25.9 Å². The van der Waals surface area contributed by atoms with E-state index in [1.54, 1.807) is 12.0 Å². The summed E-state index contributed by atoms with van der Waals surface area (Å²) >= 11 is 0. The third-order valence-corrected chi connectivity index (χ3v) is 6.12. The smallest absolute Gasteiger partial charge is 0.255 e. The summed E-state index contributed by atoms with van der Waals surface area (Å²) < 4.78 is 11.2. The van der Waals surface area contributed by atoms with Crippen LogP contribution in [-0.4, -0.2) is 40.4 Å². The Balaban J connectivity index is 1.45. The Labute approximate surface area is 202 Å². The summed E-state index contributed by atoms with van der Waals surface area (Å²) in [4.78, 5) is 35.8. The Morgan fingerprint density at radius 2 is 1.91 bits per heavy atom. The van der Waals surface area contributed by atoms with Crippen molar-refractivity contribution in [3.63, 3.8) is 0 Å². The van der Waals surface area contributed by atoms with E-state index in [1.807, 2.05) is 73.7 Å². The van der Waals surface area contributed by atoms with Crippen LogP contribution in [0.3, 0.4) is 0 Å². The number of benzene rings is 3. The highest BCUT2D eigenvalue weighted by atomic mass is 16.5. The van der Waals surface area contributed by atoms with E-state index in [4.69, 9.17) is 9.47 Å². The minimum absolute atomic E-state index is 0.0495.